The van der Waals surface area contributed by atoms with Crippen LogP contribution in [0.3, 0.4) is 0 Å². The predicted octanol–water partition coefficient (Wildman–Crippen LogP) is 4.60. The number of fused-ring (bicyclic) bond motifs is 1. The largest absolute Gasteiger partial charge is 0.484 e. The minimum absolute atomic E-state index is 0.113. The number of hydrogen-bond acceptors (Lipinski definition) is 6. The summed E-state index contributed by atoms with van der Waals surface area (Å²) in [5, 5.41) is 12.1. The lowest BCUT2D eigenvalue weighted by Crippen LogP contribution is -2.34. The van der Waals surface area contributed by atoms with Crippen LogP contribution in [-0.4, -0.2) is 44.9 Å². The van der Waals surface area contributed by atoms with Crippen LogP contribution in [0.5, 0.6) is 5.75 Å². The number of ether oxygens (including phenoxy) is 1. The third-order valence-electron chi connectivity index (χ3n) is 5.19. The normalized spacial score (nSPS) is 11.8. The number of amides is 1. The average Bonchev–Trinajstić information content (AvgIpc) is 3.30. The molecule has 1 amide bonds. The van der Waals surface area contributed by atoms with Crippen molar-refractivity contribution in [3.05, 3.63) is 94.9 Å². The van der Waals surface area contributed by atoms with Gasteiger partial charge in [-0.15, -0.1) is 10.2 Å². The number of benzene rings is 2. The van der Waals surface area contributed by atoms with E-state index in [-0.39, 0.29) is 24.3 Å². The first-order valence-electron chi connectivity index (χ1n) is 10.7. The van der Waals surface area contributed by atoms with Gasteiger partial charge in [0.05, 0.1) is 6.04 Å². The van der Waals surface area contributed by atoms with Gasteiger partial charge in [0, 0.05) is 22.3 Å². The second kappa shape index (κ2) is 11.2. The van der Waals surface area contributed by atoms with Crippen LogP contribution in [0.4, 0.5) is 0 Å². The Labute approximate surface area is 206 Å². The highest BCUT2D eigenvalue weighted by molar-refractivity contribution is 7.98. The van der Waals surface area contributed by atoms with Crippen molar-refractivity contribution in [1.82, 2.24) is 19.9 Å². The SMILES string of the molecule is CSCCC(NC(=O)COc1ccc(C(=O)c2ccc(Cl)cc2)cc1)c1nnc2ccccn12. The first kappa shape index (κ1) is 23.8. The molecule has 0 aliphatic carbocycles. The summed E-state index contributed by atoms with van der Waals surface area (Å²) in [7, 11) is 0. The number of ketones is 1. The zero-order valence-electron chi connectivity index (χ0n) is 18.5. The molecule has 0 bridgehead atoms. The summed E-state index contributed by atoms with van der Waals surface area (Å²) in [5.74, 6) is 1.66. The van der Waals surface area contributed by atoms with Crippen molar-refractivity contribution < 1.29 is 14.3 Å². The number of carbonyl (C=O) groups excluding carboxylic acids is 2. The van der Waals surface area contributed by atoms with E-state index < -0.39 is 0 Å². The van der Waals surface area contributed by atoms with Crippen LogP contribution < -0.4 is 10.1 Å². The third kappa shape index (κ3) is 5.76. The molecule has 1 unspecified atom stereocenters. The number of thioether (sulfide) groups is 1. The molecule has 0 aliphatic heterocycles. The van der Waals surface area contributed by atoms with Crippen molar-refractivity contribution in [2.24, 2.45) is 0 Å². The van der Waals surface area contributed by atoms with Crippen LogP contribution in [0, 0.1) is 0 Å². The molecule has 7 nitrogen and oxygen atoms in total. The summed E-state index contributed by atoms with van der Waals surface area (Å²) >= 11 is 7.58. The Morgan fingerprint density at radius 3 is 2.44 bits per heavy atom. The highest BCUT2D eigenvalue weighted by Crippen LogP contribution is 2.19. The number of nitrogens with zero attached hydrogens (tertiary/aromatic N) is 3. The molecule has 2 heterocycles. The van der Waals surface area contributed by atoms with Gasteiger partial charge in [0.1, 0.15) is 5.75 Å². The minimum atomic E-state index is -0.291. The molecule has 0 radical (unpaired) electrons. The maximum atomic E-state index is 12.6. The van der Waals surface area contributed by atoms with Crippen molar-refractivity contribution in [3.63, 3.8) is 0 Å². The fourth-order valence-corrected chi connectivity index (χ4v) is 4.05. The van der Waals surface area contributed by atoms with Gasteiger partial charge >= 0.3 is 0 Å². The Bertz CT molecular complexity index is 1280. The Balaban J connectivity index is 1.37. The van der Waals surface area contributed by atoms with Gasteiger partial charge in [0.15, 0.2) is 23.9 Å². The Morgan fingerprint density at radius 1 is 1.03 bits per heavy atom. The number of carbonyl (C=O) groups is 2. The molecule has 4 rings (SSSR count). The van der Waals surface area contributed by atoms with Gasteiger partial charge in [0.25, 0.3) is 5.91 Å². The zero-order valence-corrected chi connectivity index (χ0v) is 20.1. The van der Waals surface area contributed by atoms with Crippen LogP contribution in [0.15, 0.2) is 72.9 Å². The van der Waals surface area contributed by atoms with Crippen LogP contribution in [0.25, 0.3) is 5.65 Å². The van der Waals surface area contributed by atoms with Gasteiger partial charge in [-0.25, -0.2) is 0 Å². The summed E-state index contributed by atoms with van der Waals surface area (Å²) in [6, 6.07) is 18.8. The van der Waals surface area contributed by atoms with Gasteiger partial charge in [-0.1, -0.05) is 17.7 Å². The molecule has 1 N–H and O–H groups in total. The van der Waals surface area contributed by atoms with E-state index in [0.717, 1.165) is 11.4 Å². The van der Waals surface area contributed by atoms with Crippen LogP contribution >= 0.6 is 23.4 Å². The monoisotopic (exact) mass is 494 g/mol. The highest BCUT2D eigenvalue weighted by Gasteiger charge is 2.20. The molecular formula is C25H23ClN4O3S. The van der Waals surface area contributed by atoms with E-state index in [1.807, 2.05) is 35.1 Å². The molecule has 34 heavy (non-hydrogen) atoms. The lowest BCUT2D eigenvalue weighted by Gasteiger charge is -2.17. The lowest BCUT2D eigenvalue weighted by molar-refractivity contribution is -0.123. The van der Waals surface area contributed by atoms with Gasteiger partial charge in [-0.05, 0) is 79.1 Å². The van der Waals surface area contributed by atoms with Gasteiger partial charge in [-0.3, -0.25) is 14.0 Å². The molecule has 2 aromatic heterocycles. The number of rotatable bonds is 10. The Kier molecular flexibility index (Phi) is 7.82. The Morgan fingerprint density at radius 2 is 1.74 bits per heavy atom. The van der Waals surface area contributed by atoms with E-state index in [1.54, 1.807) is 60.3 Å². The number of hydrogen-bond donors (Lipinski definition) is 1. The van der Waals surface area contributed by atoms with Crippen molar-refractivity contribution in [2.75, 3.05) is 18.6 Å². The number of halogens is 1. The van der Waals surface area contributed by atoms with Crippen LogP contribution in [0.2, 0.25) is 5.02 Å². The molecule has 1 atom stereocenters. The summed E-state index contributed by atoms with van der Waals surface area (Å²) in [6.45, 7) is -0.156. The Hall–Kier alpha value is -3.36. The molecule has 0 fully saturated rings. The molecule has 9 heteroatoms. The smallest absolute Gasteiger partial charge is 0.258 e. The average molecular weight is 495 g/mol. The quantitative estimate of drug-likeness (QED) is 0.324. The fraction of sp³-hybridized carbons (Fsp3) is 0.200. The molecule has 0 aliphatic rings. The van der Waals surface area contributed by atoms with E-state index >= 15 is 0 Å². The highest BCUT2D eigenvalue weighted by atomic mass is 35.5. The van der Waals surface area contributed by atoms with Gasteiger partial charge in [0.2, 0.25) is 0 Å². The summed E-state index contributed by atoms with van der Waals surface area (Å²) in [6.07, 6.45) is 4.61. The van der Waals surface area contributed by atoms with Gasteiger partial charge < -0.3 is 10.1 Å². The molecule has 0 saturated carbocycles. The number of aromatic nitrogens is 3. The lowest BCUT2D eigenvalue weighted by atomic mass is 10.0. The van der Waals surface area contributed by atoms with Crippen molar-refractivity contribution in [2.45, 2.75) is 12.5 Å². The zero-order chi connectivity index (χ0) is 23.9. The summed E-state index contributed by atoms with van der Waals surface area (Å²) < 4.78 is 7.52. The van der Waals surface area contributed by atoms with E-state index in [2.05, 4.69) is 15.5 Å². The first-order chi connectivity index (χ1) is 16.5. The topological polar surface area (TPSA) is 85.6 Å². The van der Waals surface area contributed by atoms with E-state index in [0.29, 0.717) is 34.1 Å². The molecule has 4 aromatic rings. The molecule has 174 valence electrons. The predicted molar refractivity (Wildman–Crippen MR) is 134 cm³/mol. The number of pyridine rings is 1. The van der Waals surface area contributed by atoms with Crippen LogP contribution in [0.1, 0.15) is 34.2 Å². The standard InChI is InChI=1S/C25H23ClN4O3S/c1-34-15-13-21(25-29-28-22-4-2-3-14-30(22)25)27-23(31)16-33-20-11-7-18(8-12-20)24(32)17-5-9-19(26)10-6-17/h2-12,14,21H,13,15-16H2,1H3,(H,27,31). The molecular weight excluding hydrogens is 472 g/mol. The van der Waals surface area contributed by atoms with E-state index in [4.69, 9.17) is 16.3 Å². The fourth-order valence-electron chi connectivity index (χ4n) is 3.45. The summed E-state index contributed by atoms with van der Waals surface area (Å²) in [5.41, 5.74) is 1.80. The van der Waals surface area contributed by atoms with Crippen molar-refractivity contribution in [1.29, 1.82) is 0 Å². The number of nitrogens with one attached hydrogen (secondary N) is 1. The third-order valence-corrected chi connectivity index (χ3v) is 6.09. The summed E-state index contributed by atoms with van der Waals surface area (Å²) in [4.78, 5) is 25.2. The van der Waals surface area contributed by atoms with Crippen LogP contribution in [-0.2, 0) is 4.79 Å². The maximum Gasteiger partial charge on any atom is 0.258 e. The first-order valence-corrected chi connectivity index (χ1v) is 12.4. The van der Waals surface area contributed by atoms with E-state index in [9.17, 15) is 9.59 Å². The molecule has 0 saturated heterocycles. The minimum Gasteiger partial charge on any atom is -0.484 e. The second-order valence-electron chi connectivity index (χ2n) is 7.54. The van der Waals surface area contributed by atoms with Crippen molar-refractivity contribution >= 4 is 40.7 Å². The maximum absolute atomic E-state index is 12.6. The second-order valence-corrected chi connectivity index (χ2v) is 8.96. The van der Waals surface area contributed by atoms with Gasteiger partial charge in [-0.2, -0.15) is 11.8 Å². The molecule has 2 aromatic carbocycles. The molecule has 0 spiro atoms. The van der Waals surface area contributed by atoms with Crippen molar-refractivity contribution in [3.8, 4) is 5.75 Å². The van der Waals surface area contributed by atoms with E-state index in [1.165, 1.54) is 0 Å².